The first-order valence-corrected chi connectivity index (χ1v) is 10.6. The predicted octanol–water partition coefficient (Wildman–Crippen LogP) is 4.12. The Morgan fingerprint density at radius 3 is 2.33 bits per heavy atom. The highest BCUT2D eigenvalue weighted by Crippen LogP contribution is 2.16. The zero-order valence-corrected chi connectivity index (χ0v) is 18.6. The predicted molar refractivity (Wildman–Crippen MR) is 125 cm³/mol. The fourth-order valence-corrected chi connectivity index (χ4v) is 3.17. The number of amides is 2. The molecule has 7 heteroatoms. The molecule has 7 nitrogen and oxygen atoms in total. The highest BCUT2D eigenvalue weighted by Gasteiger charge is 2.09. The summed E-state index contributed by atoms with van der Waals surface area (Å²) in [5, 5.41) is 5.71. The van der Waals surface area contributed by atoms with Gasteiger partial charge in [0.2, 0.25) is 5.91 Å². The van der Waals surface area contributed by atoms with E-state index in [0.717, 1.165) is 16.9 Å². The summed E-state index contributed by atoms with van der Waals surface area (Å²) in [6, 6.07) is 21.1. The van der Waals surface area contributed by atoms with Crippen molar-refractivity contribution in [2.75, 3.05) is 11.9 Å². The summed E-state index contributed by atoms with van der Waals surface area (Å²) in [6.45, 7) is 4.09. The lowest BCUT2D eigenvalue weighted by Crippen LogP contribution is -2.23. The number of benzene rings is 3. The van der Waals surface area contributed by atoms with Crippen molar-refractivity contribution in [1.29, 1.82) is 0 Å². The molecule has 0 saturated heterocycles. The van der Waals surface area contributed by atoms with Gasteiger partial charge in [-0.15, -0.1) is 0 Å². The van der Waals surface area contributed by atoms with Gasteiger partial charge in [0.1, 0.15) is 11.5 Å². The third-order valence-corrected chi connectivity index (χ3v) is 4.62. The van der Waals surface area contributed by atoms with Crippen LogP contribution < -0.4 is 20.1 Å². The van der Waals surface area contributed by atoms with E-state index in [0.29, 0.717) is 23.6 Å². The molecular formula is C26H26N2O5. The molecule has 0 bridgehead atoms. The van der Waals surface area contributed by atoms with Crippen molar-refractivity contribution >= 4 is 23.5 Å². The molecule has 170 valence electrons. The maximum atomic E-state index is 12.5. The van der Waals surface area contributed by atoms with E-state index < -0.39 is 5.97 Å². The van der Waals surface area contributed by atoms with E-state index in [1.54, 1.807) is 24.3 Å². The summed E-state index contributed by atoms with van der Waals surface area (Å²) < 4.78 is 10.4. The second-order valence-electron chi connectivity index (χ2n) is 7.31. The van der Waals surface area contributed by atoms with Gasteiger partial charge in [-0.2, -0.15) is 0 Å². The van der Waals surface area contributed by atoms with Crippen LogP contribution in [0.15, 0.2) is 72.8 Å². The Morgan fingerprint density at radius 1 is 0.848 bits per heavy atom. The lowest BCUT2D eigenvalue weighted by atomic mass is 10.1. The van der Waals surface area contributed by atoms with Crippen LogP contribution in [-0.2, 0) is 22.6 Å². The van der Waals surface area contributed by atoms with E-state index in [-0.39, 0.29) is 24.8 Å². The summed E-state index contributed by atoms with van der Waals surface area (Å²) in [5.41, 5.74) is 2.75. The fraction of sp³-hybridized carbons (Fsp3) is 0.192. The first kappa shape index (κ1) is 23.5. The molecule has 0 aliphatic heterocycles. The largest absolute Gasteiger partial charge is 0.494 e. The van der Waals surface area contributed by atoms with Gasteiger partial charge < -0.3 is 20.1 Å². The molecule has 0 fully saturated rings. The number of nitrogens with one attached hydrogen (secondary N) is 2. The van der Waals surface area contributed by atoms with Crippen molar-refractivity contribution in [3.8, 4) is 11.5 Å². The summed E-state index contributed by atoms with van der Waals surface area (Å²) in [4.78, 5) is 36.0. The van der Waals surface area contributed by atoms with Crippen LogP contribution in [0.2, 0.25) is 0 Å². The van der Waals surface area contributed by atoms with Crippen LogP contribution in [0.1, 0.15) is 35.3 Å². The zero-order chi connectivity index (χ0) is 23.6. The van der Waals surface area contributed by atoms with E-state index >= 15 is 0 Å². The van der Waals surface area contributed by atoms with Crippen molar-refractivity contribution in [2.45, 2.75) is 26.8 Å². The van der Waals surface area contributed by atoms with Crippen molar-refractivity contribution in [1.82, 2.24) is 5.32 Å². The maximum Gasteiger partial charge on any atom is 0.308 e. The molecule has 0 radical (unpaired) electrons. The molecule has 3 aromatic carbocycles. The number of esters is 1. The molecular weight excluding hydrogens is 420 g/mol. The number of carbonyl (C=O) groups excluding carboxylic acids is 3. The van der Waals surface area contributed by atoms with Crippen LogP contribution in [0, 0.1) is 0 Å². The van der Waals surface area contributed by atoms with Gasteiger partial charge in [-0.1, -0.05) is 30.3 Å². The van der Waals surface area contributed by atoms with Crippen LogP contribution in [0.5, 0.6) is 11.5 Å². The summed E-state index contributed by atoms with van der Waals surface area (Å²) in [6.07, 6.45) is 0.242. The van der Waals surface area contributed by atoms with Gasteiger partial charge in [-0.3, -0.25) is 14.4 Å². The van der Waals surface area contributed by atoms with E-state index in [9.17, 15) is 14.4 Å². The monoisotopic (exact) mass is 446 g/mol. The van der Waals surface area contributed by atoms with Gasteiger partial charge in [0.05, 0.1) is 13.0 Å². The average molecular weight is 447 g/mol. The minimum absolute atomic E-state index is 0.136. The molecule has 0 unspecified atom stereocenters. The summed E-state index contributed by atoms with van der Waals surface area (Å²) in [5.74, 6) is 0.201. The highest BCUT2D eigenvalue weighted by molar-refractivity contribution is 5.95. The molecule has 0 spiro atoms. The Labute approximate surface area is 192 Å². The molecule has 0 saturated carbocycles. The normalized spacial score (nSPS) is 10.2. The molecule has 2 amide bonds. The van der Waals surface area contributed by atoms with E-state index in [1.165, 1.54) is 13.0 Å². The van der Waals surface area contributed by atoms with Crippen LogP contribution in [0.25, 0.3) is 0 Å². The Hall–Kier alpha value is -4.13. The maximum absolute atomic E-state index is 12.5. The molecule has 3 rings (SSSR count). The lowest BCUT2D eigenvalue weighted by Gasteiger charge is -2.10. The molecule has 3 aromatic rings. The van der Waals surface area contributed by atoms with Crippen LogP contribution in [-0.4, -0.2) is 24.4 Å². The molecule has 0 aromatic heterocycles. The summed E-state index contributed by atoms with van der Waals surface area (Å²) >= 11 is 0. The van der Waals surface area contributed by atoms with Gasteiger partial charge in [-0.25, -0.2) is 0 Å². The highest BCUT2D eigenvalue weighted by atomic mass is 16.5. The Morgan fingerprint density at radius 2 is 1.61 bits per heavy atom. The molecule has 0 atom stereocenters. The first-order chi connectivity index (χ1) is 15.9. The second kappa shape index (κ2) is 11.5. The van der Waals surface area contributed by atoms with Crippen molar-refractivity contribution < 1.29 is 23.9 Å². The quantitative estimate of drug-likeness (QED) is 0.381. The Balaban J connectivity index is 1.54. The van der Waals surface area contributed by atoms with Gasteiger partial charge in [-0.05, 0) is 60.5 Å². The molecule has 0 aliphatic carbocycles. The average Bonchev–Trinajstić information content (AvgIpc) is 2.79. The van der Waals surface area contributed by atoms with Gasteiger partial charge in [0.25, 0.3) is 5.91 Å². The topological polar surface area (TPSA) is 93.7 Å². The van der Waals surface area contributed by atoms with Crippen LogP contribution >= 0.6 is 0 Å². The van der Waals surface area contributed by atoms with Crippen molar-refractivity contribution in [2.24, 2.45) is 0 Å². The minimum atomic E-state index is -0.450. The third kappa shape index (κ3) is 7.50. The van der Waals surface area contributed by atoms with Gasteiger partial charge in [0.15, 0.2) is 0 Å². The Bertz CT molecular complexity index is 1130. The van der Waals surface area contributed by atoms with Crippen LogP contribution in [0.3, 0.4) is 0 Å². The standard InChI is InChI=1S/C26H26N2O5/c1-3-32-23-12-10-19(11-13-23)15-25(30)28-22-8-4-6-20(14-22)17-27-26(31)21-7-5-9-24(16-21)33-18(2)29/h4-14,16H,3,15,17H2,1-2H3,(H,27,31)(H,28,30). The number of carbonyl (C=O) groups is 3. The fourth-order valence-electron chi connectivity index (χ4n) is 3.17. The third-order valence-electron chi connectivity index (χ3n) is 4.62. The number of anilines is 1. The molecule has 2 N–H and O–H groups in total. The van der Waals surface area contributed by atoms with E-state index in [2.05, 4.69) is 10.6 Å². The van der Waals surface area contributed by atoms with E-state index in [1.807, 2.05) is 49.4 Å². The number of rotatable bonds is 9. The smallest absolute Gasteiger partial charge is 0.308 e. The first-order valence-electron chi connectivity index (χ1n) is 10.6. The number of hydrogen-bond donors (Lipinski definition) is 2. The second-order valence-corrected chi connectivity index (χ2v) is 7.31. The zero-order valence-electron chi connectivity index (χ0n) is 18.6. The van der Waals surface area contributed by atoms with Gasteiger partial charge >= 0.3 is 5.97 Å². The molecule has 0 aliphatic rings. The molecule has 0 heterocycles. The SMILES string of the molecule is CCOc1ccc(CC(=O)Nc2cccc(CNC(=O)c3cccc(OC(C)=O)c3)c2)cc1. The van der Waals surface area contributed by atoms with Gasteiger partial charge in [0, 0.05) is 24.7 Å². The van der Waals surface area contributed by atoms with Crippen molar-refractivity contribution in [3.63, 3.8) is 0 Å². The van der Waals surface area contributed by atoms with E-state index in [4.69, 9.17) is 9.47 Å². The lowest BCUT2D eigenvalue weighted by molar-refractivity contribution is -0.131. The summed E-state index contributed by atoms with van der Waals surface area (Å²) in [7, 11) is 0. The Kier molecular flexibility index (Phi) is 8.18. The molecule has 33 heavy (non-hydrogen) atoms. The van der Waals surface area contributed by atoms with Crippen molar-refractivity contribution in [3.05, 3.63) is 89.5 Å². The minimum Gasteiger partial charge on any atom is -0.494 e. The van der Waals surface area contributed by atoms with Crippen LogP contribution in [0.4, 0.5) is 5.69 Å². The number of hydrogen-bond acceptors (Lipinski definition) is 5. The number of ether oxygens (including phenoxy) is 2.